The summed E-state index contributed by atoms with van der Waals surface area (Å²) in [5.41, 5.74) is 1.79. The lowest BCUT2D eigenvalue weighted by Gasteiger charge is -2.20. The maximum Gasteiger partial charge on any atom is 0.321 e. The molecule has 1 aromatic heterocycles. The van der Waals surface area contributed by atoms with Crippen LogP contribution in [0.2, 0.25) is 0 Å². The Hall–Kier alpha value is -2.34. The molecule has 2 N–H and O–H groups in total. The lowest BCUT2D eigenvalue weighted by Crippen LogP contribution is -2.36. The largest absolute Gasteiger partial charge is 0.395 e. The minimum atomic E-state index is -0.206. The number of anilines is 1. The number of carbonyl (C=O) groups excluding carboxylic acids is 1. The normalized spacial score (nSPS) is 10.4. The van der Waals surface area contributed by atoms with Gasteiger partial charge in [0.05, 0.1) is 13.2 Å². The van der Waals surface area contributed by atoms with Gasteiger partial charge in [-0.15, -0.1) is 0 Å². The molecule has 0 saturated carbocycles. The summed E-state index contributed by atoms with van der Waals surface area (Å²) in [7, 11) is 0. The highest BCUT2D eigenvalue weighted by Gasteiger charge is 2.10. The molecule has 0 aliphatic carbocycles. The fourth-order valence-corrected chi connectivity index (χ4v) is 2.05. The highest BCUT2D eigenvalue weighted by atomic mass is 16.3. The van der Waals surface area contributed by atoms with Crippen molar-refractivity contribution in [3.63, 3.8) is 0 Å². The van der Waals surface area contributed by atoms with E-state index >= 15 is 0 Å². The van der Waals surface area contributed by atoms with Crippen LogP contribution in [0.4, 0.5) is 10.5 Å². The summed E-state index contributed by atoms with van der Waals surface area (Å²) in [4.78, 5) is 13.6. The van der Waals surface area contributed by atoms with Gasteiger partial charge in [0.25, 0.3) is 0 Å². The zero-order chi connectivity index (χ0) is 15.1. The molecule has 2 amide bonds. The van der Waals surface area contributed by atoms with Gasteiger partial charge < -0.3 is 15.3 Å². The van der Waals surface area contributed by atoms with Gasteiger partial charge in [-0.2, -0.15) is 5.10 Å². The molecule has 0 fully saturated rings. The first-order valence-electron chi connectivity index (χ1n) is 6.96. The second-order valence-electron chi connectivity index (χ2n) is 4.64. The summed E-state index contributed by atoms with van der Waals surface area (Å²) in [6, 6.07) is 9.32. The molecule has 0 saturated heterocycles. The molecule has 21 heavy (non-hydrogen) atoms. The minimum absolute atomic E-state index is 0.0411. The topological polar surface area (TPSA) is 70.4 Å². The molecule has 2 rings (SSSR count). The molecule has 1 heterocycles. The summed E-state index contributed by atoms with van der Waals surface area (Å²) in [6.45, 7) is 3.38. The Kier molecular flexibility index (Phi) is 5.34. The van der Waals surface area contributed by atoms with Crippen molar-refractivity contribution in [3.05, 3.63) is 48.3 Å². The second kappa shape index (κ2) is 7.44. The van der Waals surface area contributed by atoms with Crippen LogP contribution in [-0.4, -0.2) is 45.5 Å². The predicted octanol–water partition coefficient (Wildman–Crippen LogP) is 1.78. The number of nitrogens with one attached hydrogen (secondary N) is 1. The summed E-state index contributed by atoms with van der Waals surface area (Å²) in [5, 5.41) is 15.9. The predicted molar refractivity (Wildman–Crippen MR) is 81.1 cm³/mol. The van der Waals surface area contributed by atoms with Crippen molar-refractivity contribution in [2.24, 2.45) is 0 Å². The molecule has 6 heteroatoms. The van der Waals surface area contributed by atoms with E-state index in [-0.39, 0.29) is 12.6 Å². The molecule has 0 aliphatic rings. The molecule has 0 radical (unpaired) electrons. The standard InChI is InChI=1S/C15H20N4O2/c1-2-18(9-10-20)15(21)17-14-6-3-5-13(11-14)12-19-8-4-7-16-19/h3-8,11,20H,2,9-10,12H2,1H3,(H,17,21). The Bertz CT molecular complexity index is 569. The molecule has 6 nitrogen and oxygen atoms in total. The number of aliphatic hydroxyl groups excluding tert-OH is 1. The highest BCUT2D eigenvalue weighted by molar-refractivity contribution is 5.89. The van der Waals surface area contributed by atoms with Crippen LogP contribution in [-0.2, 0) is 6.54 Å². The van der Waals surface area contributed by atoms with Crippen LogP contribution in [0.1, 0.15) is 12.5 Å². The van der Waals surface area contributed by atoms with Gasteiger partial charge in [0.1, 0.15) is 0 Å². The number of hydrogen-bond donors (Lipinski definition) is 2. The summed E-state index contributed by atoms with van der Waals surface area (Å²) in [6.07, 6.45) is 3.63. The van der Waals surface area contributed by atoms with E-state index in [2.05, 4.69) is 10.4 Å². The Balaban J connectivity index is 2.02. The van der Waals surface area contributed by atoms with Crippen LogP contribution < -0.4 is 5.32 Å². The van der Waals surface area contributed by atoms with E-state index in [9.17, 15) is 4.79 Å². The Morgan fingerprint density at radius 3 is 2.95 bits per heavy atom. The van der Waals surface area contributed by atoms with E-state index in [4.69, 9.17) is 5.11 Å². The number of nitrogens with zero attached hydrogens (tertiary/aromatic N) is 3. The average molecular weight is 288 g/mol. The first-order valence-corrected chi connectivity index (χ1v) is 6.96. The third-order valence-electron chi connectivity index (χ3n) is 3.12. The molecule has 0 aliphatic heterocycles. The van der Waals surface area contributed by atoms with Crippen molar-refractivity contribution >= 4 is 11.7 Å². The summed E-state index contributed by atoms with van der Waals surface area (Å²) < 4.78 is 1.82. The van der Waals surface area contributed by atoms with E-state index in [1.807, 2.05) is 48.1 Å². The second-order valence-corrected chi connectivity index (χ2v) is 4.64. The van der Waals surface area contributed by atoms with Crippen LogP contribution >= 0.6 is 0 Å². The van der Waals surface area contributed by atoms with Gasteiger partial charge in [0.15, 0.2) is 0 Å². The van der Waals surface area contributed by atoms with Gasteiger partial charge in [0.2, 0.25) is 0 Å². The lowest BCUT2D eigenvalue weighted by molar-refractivity contribution is 0.192. The van der Waals surface area contributed by atoms with Gasteiger partial charge in [-0.3, -0.25) is 4.68 Å². The minimum Gasteiger partial charge on any atom is -0.395 e. The Morgan fingerprint density at radius 2 is 2.29 bits per heavy atom. The number of benzene rings is 1. The molecule has 2 aromatic rings. The maximum absolute atomic E-state index is 12.0. The first-order chi connectivity index (χ1) is 10.2. The molecule has 0 atom stereocenters. The monoisotopic (exact) mass is 288 g/mol. The zero-order valence-corrected chi connectivity index (χ0v) is 12.1. The summed E-state index contributed by atoms with van der Waals surface area (Å²) in [5.74, 6) is 0. The lowest BCUT2D eigenvalue weighted by atomic mass is 10.2. The SMILES string of the molecule is CCN(CCO)C(=O)Nc1cccc(Cn2cccn2)c1. The van der Waals surface area contributed by atoms with E-state index in [0.717, 1.165) is 11.3 Å². The van der Waals surface area contributed by atoms with E-state index in [0.29, 0.717) is 19.6 Å². The maximum atomic E-state index is 12.0. The first kappa shape index (κ1) is 15.1. The Labute approximate surface area is 124 Å². The quantitative estimate of drug-likeness (QED) is 0.851. The smallest absolute Gasteiger partial charge is 0.321 e. The van der Waals surface area contributed by atoms with Crippen molar-refractivity contribution in [1.82, 2.24) is 14.7 Å². The van der Waals surface area contributed by atoms with Crippen LogP contribution in [0.5, 0.6) is 0 Å². The van der Waals surface area contributed by atoms with Crippen molar-refractivity contribution in [1.29, 1.82) is 0 Å². The van der Waals surface area contributed by atoms with Gasteiger partial charge in [0, 0.05) is 31.2 Å². The third-order valence-corrected chi connectivity index (χ3v) is 3.12. The van der Waals surface area contributed by atoms with E-state index in [1.165, 1.54) is 0 Å². The van der Waals surface area contributed by atoms with E-state index < -0.39 is 0 Å². The molecular formula is C15H20N4O2. The third kappa shape index (κ3) is 4.32. The van der Waals surface area contributed by atoms with Crippen LogP contribution in [0.15, 0.2) is 42.7 Å². The van der Waals surface area contributed by atoms with Crippen LogP contribution in [0.3, 0.4) is 0 Å². The van der Waals surface area contributed by atoms with Gasteiger partial charge >= 0.3 is 6.03 Å². The number of likely N-dealkylation sites (N-methyl/N-ethyl adjacent to an activating group) is 1. The van der Waals surface area contributed by atoms with Crippen molar-refractivity contribution in [2.45, 2.75) is 13.5 Å². The highest BCUT2D eigenvalue weighted by Crippen LogP contribution is 2.12. The molecular weight excluding hydrogens is 268 g/mol. The van der Waals surface area contributed by atoms with Crippen LogP contribution in [0, 0.1) is 0 Å². The fourth-order valence-electron chi connectivity index (χ4n) is 2.05. The van der Waals surface area contributed by atoms with E-state index in [1.54, 1.807) is 11.1 Å². The molecule has 0 unspecified atom stereocenters. The number of amides is 2. The summed E-state index contributed by atoms with van der Waals surface area (Å²) >= 11 is 0. The zero-order valence-electron chi connectivity index (χ0n) is 12.1. The van der Waals surface area contributed by atoms with Gasteiger partial charge in [-0.05, 0) is 30.7 Å². The number of urea groups is 1. The molecule has 112 valence electrons. The molecule has 0 spiro atoms. The number of hydrogen-bond acceptors (Lipinski definition) is 3. The van der Waals surface area contributed by atoms with Crippen molar-refractivity contribution in [3.8, 4) is 0 Å². The average Bonchev–Trinajstić information content (AvgIpc) is 2.98. The Morgan fingerprint density at radius 1 is 1.43 bits per heavy atom. The molecule has 1 aromatic carbocycles. The number of aliphatic hydroxyl groups is 1. The number of aromatic nitrogens is 2. The number of rotatable bonds is 6. The van der Waals surface area contributed by atoms with Crippen molar-refractivity contribution < 1.29 is 9.90 Å². The van der Waals surface area contributed by atoms with Gasteiger partial charge in [-0.1, -0.05) is 12.1 Å². The van der Waals surface area contributed by atoms with Crippen molar-refractivity contribution in [2.75, 3.05) is 25.0 Å². The number of carbonyl (C=O) groups is 1. The molecule has 0 bridgehead atoms. The van der Waals surface area contributed by atoms with Crippen LogP contribution in [0.25, 0.3) is 0 Å². The fraction of sp³-hybridized carbons (Fsp3) is 0.333. The van der Waals surface area contributed by atoms with Gasteiger partial charge in [-0.25, -0.2) is 4.79 Å².